The number of nitrogens with zero attached hydrogens (tertiary/aromatic N) is 2. The second kappa shape index (κ2) is 5.11. The van der Waals surface area contributed by atoms with Crippen LogP contribution in [0.4, 0.5) is 0 Å². The fourth-order valence-corrected chi connectivity index (χ4v) is 1.42. The Hall–Kier alpha value is -1.67. The van der Waals surface area contributed by atoms with Crippen molar-refractivity contribution in [3.63, 3.8) is 0 Å². The van der Waals surface area contributed by atoms with Gasteiger partial charge in [-0.3, -0.25) is 4.79 Å². The van der Waals surface area contributed by atoms with Gasteiger partial charge >= 0.3 is 11.8 Å². The fourth-order valence-electron chi connectivity index (χ4n) is 1.11. The first-order valence-corrected chi connectivity index (χ1v) is 5.57. The second-order valence-electron chi connectivity index (χ2n) is 3.07. The number of nitrogens with two attached hydrogens (primary N) is 1. The van der Waals surface area contributed by atoms with Crippen molar-refractivity contribution in [2.45, 2.75) is 0 Å². The average Bonchev–Trinajstić information content (AvgIpc) is 2.93. The maximum atomic E-state index is 11.5. The highest BCUT2D eigenvalue weighted by Gasteiger charge is 2.17. The van der Waals surface area contributed by atoms with E-state index in [-0.39, 0.29) is 11.7 Å². The molecule has 90 valence electrons. The van der Waals surface area contributed by atoms with Crippen LogP contribution in [0.15, 0.2) is 25.7 Å². The molecular weight excluding hydrogens is 292 g/mol. The Morgan fingerprint density at radius 3 is 3.00 bits per heavy atom. The van der Waals surface area contributed by atoms with Gasteiger partial charge in [0.2, 0.25) is 5.82 Å². The van der Waals surface area contributed by atoms with Gasteiger partial charge in [-0.05, 0) is 28.1 Å². The minimum atomic E-state index is -0.458. The van der Waals surface area contributed by atoms with Crippen molar-refractivity contribution in [3.05, 3.63) is 22.7 Å². The van der Waals surface area contributed by atoms with Crippen LogP contribution in [0.25, 0.3) is 11.6 Å². The highest BCUT2D eigenvalue weighted by molar-refractivity contribution is 9.10. The molecule has 2 rings (SSSR count). The maximum Gasteiger partial charge on any atom is 0.316 e. The largest absolute Gasteiger partial charge is 0.446 e. The maximum absolute atomic E-state index is 11.5. The summed E-state index contributed by atoms with van der Waals surface area (Å²) in [6.07, 6.45) is 0. The Morgan fingerprint density at radius 2 is 2.35 bits per heavy atom. The van der Waals surface area contributed by atoms with Gasteiger partial charge in [-0.15, -0.1) is 0 Å². The molecule has 0 atom stereocenters. The third kappa shape index (κ3) is 2.71. The van der Waals surface area contributed by atoms with E-state index in [4.69, 9.17) is 14.7 Å². The summed E-state index contributed by atoms with van der Waals surface area (Å²) in [7, 11) is 0. The minimum absolute atomic E-state index is 0.124. The fraction of sp³-hybridized carbons (Fsp3) is 0.222. The van der Waals surface area contributed by atoms with Gasteiger partial charge in [0.1, 0.15) is 0 Å². The number of carbonyl (C=O) groups excluding carboxylic acids is 1. The number of hydrogen-bond donors (Lipinski definition) is 2. The predicted octanol–water partition coefficient (Wildman–Crippen LogP) is 0.781. The zero-order valence-corrected chi connectivity index (χ0v) is 10.2. The van der Waals surface area contributed by atoms with Crippen LogP contribution < -0.4 is 11.1 Å². The first kappa shape index (κ1) is 11.8. The Labute approximate surface area is 104 Å². The quantitative estimate of drug-likeness (QED) is 0.864. The smallest absolute Gasteiger partial charge is 0.316 e. The highest BCUT2D eigenvalue weighted by Crippen LogP contribution is 2.22. The zero-order chi connectivity index (χ0) is 12.3. The summed E-state index contributed by atoms with van der Waals surface area (Å²) >= 11 is 3.15. The van der Waals surface area contributed by atoms with E-state index in [1.807, 2.05) is 0 Å². The number of nitrogens with one attached hydrogen (secondary N) is 1. The molecule has 17 heavy (non-hydrogen) atoms. The highest BCUT2D eigenvalue weighted by atomic mass is 79.9. The predicted molar refractivity (Wildman–Crippen MR) is 61.1 cm³/mol. The average molecular weight is 301 g/mol. The number of amides is 1. The SMILES string of the molecule is NCCNC(=O)c1nc(-c2ccc(Br)o2)no1. The molecular formula is C9H9BrN4O3. The Bertz CT molecular complexity index is 522. The number of rotatable bonds is 4. The normalized spacial score (nSPS) is 10.5. The van der Waals surface area contributed by atoms with Crippen molar-refractivity contribution in [2.75, 3.05) is 13.1 Å². The zero-order valence-electron chi connectivity index (χ0n) is 8.64. The van der Waals surface area contributed by atoms with E-state index < -0.39 is 5.91 Å². The van der Waals surface area contributed by atoms with Gasteiger partial charge in [-0.1, -0.05) is 5.16 Å². The molecule has 8 heteroatoms. The summed E-state index contributed by atoms with van der Waals surface area (Å²) in [6, 6.07) is 3.36. The van der Waals surface area contributed by atoms with E-state index in [1.165, 1.54) is 0 Å². The second-order valence-corrected chi connectivity index (χ2v) is 3.85. The summed E-state index contributed by atoms with van der Waals surface area (Å²) in [6.45, 7) is 0.695. The third-order valence-electron chi connectivity index (χ3n) is 1.84. The van der Waals surface area contributed by atoms with E-state index in [0.29, 0.717) is 23.5 Å². The molecule has 0 bridgehead atoms. The van der Waals surface area contributed by atoms with Crippen LogP contribution in [0.3, 0.4) is 0 Å². The molecule has 0 radical (unpaired) electrons. The third-order valence-corrected chi connectivity index (χ3v) is 2.27. The lowest BCUT2D eigenvalue weighted by Crippen LogP contribution is -2.29. The molecule has 0 aliphatic carbocycles. The molecule has 0 unspecified atom stereocenters. The molecule has 0 saturated carbocycles. The summed E-state index contributed by atoms with van der Waals surface area (Å²) in [4.78, 5) is 15.4. The molecule has 0 saturated heterocycles. The number of aromatic nitrogens is 2. The molecule has 0 aromatic carbocycles. The van der Waals surface area contributed by atoms with Gasteiger partial charge in [0.05, 0.1) is 0 Å². The molecule has 7 nitrogen and oxygen atoms in total. The standard InChI is InChI=1S/C9H9BrN4O3/c10-6-2-1-5(16-6)7-13-9(17-14-7)8(15)12-4-3-11/h1-2H,3-4,11H2,(H,12,15). The summed E-state index contributed by atoms with van der Waals surface area (Å²) < 4.78 is 10.6. The van der Waals surface area contributed by atoms with Crippen molar-refractivity contribution >= 4 is 21.8 Å². The van der Waals surface area contributed by atoms with Crippen molar-refractivity contribution < 1.29 is 13.7 Å². The van der Waals surface area contributed by atoms with Crippen LogP contribution in [-0.4, -0.2) is 29.1 Å². The van der Waals surface area contributed by atoms with E-state index >= 15 is 0 Å². The van der Waals surface area contributed by atoms with E-state index in [2.05, 4.69) is 31.4 Å². The summed E-state index contributed by atoms with van der Waals surface area (Å²) in [5.41, 5.74) is 5.25. The van der Waals surface area contributed by atoms with Gasteiger partial charge in [0.25, 0.3) is 0 Å². The Balaban J connectivity index is 2.13. The molecule has 1 amide bonds. The minimum Gasteiger partial charge on any atom is -0.446 e. The molecule has 0 aliphatic rings. The molecule has 0 spiro atoms. The lowest BCUT2D eigenvalue weighted by atomic mass is 10.4. The molecule has 2 aromatic heterocycles. The van der Waals surface area contributed by atoms with Gasteiger partial charge in [-0.25, -0.2) is 0 Å². The van der Waals surface area contributed by atoms with Crippen molar-refractivity contribution in [1.82, 2.24) is 15.5 Å². The topological polar surface area (TPSA) is 107 Å². The number of hydrogen-bond acceptors (Lipinski definition) is 6. The molecule has 3 N–H and O–H groups in total. The monoisotopic (exact) mass is 300 g/mol. The summed E-state index contributed by atoms with van der Waals surface area (Å²) in [5.74, 6) is 0.0490. The van der Waals surface area contributed by atoms with Crippen LogP contribution in [0.5, 0.6) is 0 Å². The summed E-state index contributed by atoms with van der Waals surface area (Å²) in [5, 5.41) is 6.15. The van der Waals surface area contributed by atoms with E-state index in [1.54, 1.807) is 12.1 Å². The lowest BCUT2D eigenvalue weighted by molar-refractivity contribution is 0.0911. The van der Waals surface area contributed by atoms with Crippen LogP contribution >= 0.6 is 15.9 Å². The van der Waals surface area contributed by atoms with Gasteiger partial charge in [0, 0.05) is 13.1 Å². The van der Waals surface area contributed by atoms with Crippen LogP contribution in [-0.2, 0) is 0 Å². The molecule has 0 fully saturated rings. The van der Waals surface area contributed by atoms with Gasteiger partial charge in [0.15, 0.2) is 10.4 Å². The van der Waals surface area contributed by atoms with Gasteiger partial charge < -0.3 is 20.0 Å². The number of halogens is 1. The van der Waals surface area contributed by atoms with Crippen LogP contribution in [0.1, 0.15) is 10.7 Å². The van der Waals surface area contributed by atoms with Crippen LogP contribution in [0.2, 0.25) is 0 Å². The Morgan fingerprint density at radius 1 is 1.53 bits per heavy atom. The van der Waals surface area contributed by atoms with Crippen LogP contribution in [0, 0.1) is 0 Å². The van der Waals surface area contributed by atoms with Crippen molar-refractivity contribution in [1.29, 1.82) is 0 Å². The van der Waals surface area contributed by atoms with E-state index in [0.717, 1.165) is 0 Å². The van der Waals surface area contributed by atoms with Gasteiger partial charge in [-0.2, -0.15) is 4.98 Å². The number of furan rings is 1. The van der Waals surface area contributed by atoms with Crippen molar-refractivity contribution in [3.8, 4) is 11.6 Å². The molecule has 2 aromatic rings. The number of carbonyl (C=O) groups is 1. The van der Waals surface area contributed by atoms with Crippen molar-refractivity contribution in [2.24, 2.45) is 5.73 Å². The lowest BCUT2D eigenvalue weighted by Gasteiger charge is -1.96. The Kier molecular flexibility index (Phi) is 3.55. The first-order valence-electron chi connectivity index (χ1n) is 4.78. The van der Waals surface area contributed by atoms with E-state index in [9.17, 15) is 4.79 Å². The molecule has 2 heterocycles. The first-order chi connectivity index (χ1) is 8.20. The molecule has 0 aliphatic heterocycles.